The van der Waals surface area contributed by atoms with Crippen LogP contribution < -0.4 is 5.32 Å². The SMILES string of the molecule is CC(=O)c1ccc(SCC(=O)Nc2ccc(Br)cc2Br)c(F)c1. The van der Waals surface area contributed by atoms with Crippen LogP contribution >= 0.6 is 43.6 Å². The zero-order valence-electron chi connectivity index (χ0n) is 12.0. The Kier molecular flexibility index (Phi) is 6.38. The van der Waals surface area contributed by atoms with E-state index in [1.54, 1.807) is 12.1 Å². The Bertz CT molecular complexity index is 768. The smallest absolute Gasteiger partial charge is 0.234 e. The molecule has 0 aliphatic rings. The molecule has 0 spiro atoms. The lowest BCUT2D eigenvalue weighted by Crippen LogP contribution is -2.14. The molecule has 120 valence electrons. The van der Waals surface area contributed by atoms with Crippen LogP contribution in [0.15, 0.2) is 50.2 Å². The molecule has 0 aliphatic carbocycles. The van der Waals surface area contributed by atoms with Crippen LogP contribution in [-0.2, 0) is 4.79 Å². The third-order valence-corrected chi connectivity index (χ3v) is 5.10. The normalized spacial score (nSPS) is 10.4. The lowest BCUT2D eigenvalue weighted by molar-refractivity contribution is -0.113. The lowest BCUT2D eigenvalue weighted by atomic mass is 10.1. The third-order valence-electron chi connectivity index (χ3n) is 2.90. The van der Waals surface area contributed by atoms with Crippen LogP contribution in [-0.4, -0.2) is 17.4 Å². The predicted octanol–water partition coefficient (Wildman–Crippen LogP) is 5.28. The first-order valence-corrected chi connectivity index (χ1v) is 9.12. The Labute approximate surface area is 154 Å². The van der Waals surface area contributed by atoms with Crippen molar-refractivity contribution in [3.8, 4) is 0 Å². The van der Waals surface area contributed by atoms with Gasteiger partial charge in [0, 0.05) is 19.4 Å². The number of thioether (sulfide) groups is 1. The predicted molar refractivity (Wildman–Crippen MR) is 97.6 cm³/mol. The maximum Gasteiger partial charge on any atom is 0.234 e. The quantitative estimate of drug-likeness (QED) is 0.487. The summed E-state index contributed by atoms with van der Waals surface area (Å²) in [7, 11) is 0. The lowest BCUT2D eigenvalue weighted by Gasteiger charge is -2.08. The highest BCUT2D eigenvalue weighted by molar-refractivity contribution is 9.11. The van der Waals surface area contributed by atoms with E-state index in [2.05, 4.69) is 37.2 Å². The molecule has 0 unspecified atom stereocenters. The maximum absolute atomic E-state index is 13.9. The molecule has 0 aliphatic heterocycles. The minimum Gasteiger partial charge on any atom is -0.324 e. The van der Waals surface area contributed by atoms with E-state index >= 15 is 0 Å². The average Bonchev–Trinajstić information content (AvgIpc) is 2.48. The van der Waals surface area contributed by atoms with Crippen molar-refractivity contribution in [3.05, 3.63) is 56.7 Å². The summed E-state index contributed by atoms with van der Waals surface area (Å²) in [5.41, 5.74) is 0.960. The topological polar surface area (TPSA) is 46.2 Å². The molecular formula is C16H12Br2FNO2S. The molecule has 2 aromatic rings. The highest BCUT2D eigenvalue weighted by Crippen LogP contribution is 2.27. The van der Waals surface area contributed by atoms with Gasteiger partial charge in [0.15, 0.2) is 5.78 Å². The number of nitrogens with one attached hydrogen (secondary N) is 1. The summed E-state index contributed by atoms with van der Waals surface area (Å²) in [6, 6.07) is 9.65. The standard InChI is InChI=1S/C16H12Br2FNO2S/c1-9(21)10-2-5-15(13(19)6-10)23-8-16(22)20-14-4-3-11(17)7-12(14)18/h2-7H,8H2,1H3,(H,20,22). The van der Waals surface area contributed by atoms with Gasteiger partial charge in [0.1, 0.15) is 5.82 Å². The summed E-state index contributed by atoms with van der Waals surface area (Å²) < 4.78 is 15.5. The van der Waals surface area contributed by atoms with Crippen molar-refractivity contribution in [2.75, 3.05) is 11.1 Å². The van der Waals surface area contributed by atoms with Crippen LogP contribution in [0.1, 0.15) is 17.3 Å². The van der Waals surface area contributed by atoms with Crippen LogP contribution in [0, 0.1) is 5.82 Å². The first-order chi connectivity index (χ1) is 10.9. The van der Waals surface area contributed by atoms with Gasteiger partial charge in [0.25, 0.3) is 0 Å². The molecule has 0 saturated carbocycles. The highest BCUT2D eigenvalue weighted by Gasteiger charge is 2.11. The number of Topliss-reactive ketones (excluding diaryl/α,β-unsaturated/α-hetero) is 1. The number of hydrogen-bond acceptors (Lipinski definition) is 3. The molecule has 0 bridgehead atoms. The first-order valence-electron chi connectivity index (χ1n) is 6.55. The largest absolute Gasteiger partial charge is 0.324 e. The van der Waals surface area contributed by atoms with E-state index < -0.39 is 5.82 Å². The molecule has 0 aromatic heterocycles. The van der Waals surface area contributed by atoms with Crippen molar-refractivity contribution in [2.24, 2.45) is 0 Å². The van der Waals surface area contributed by atoms with E-state index in [0.717, 1.165) is 20.7 Å². The fourth-order valence-corrected chi connectivity index (χ4v) is 3.62. The zero-order valence-corrected chi connectivity index (χ0v) is 16.0. The summed E-state index contributed by atoms with van der Waals surface area (Å²) in [6.07, 6.45) is 0. The summed E-state index contributed by atoms with van der Waals surface area (Å²) in [6.45, 7) is 1.38. The van der Waals surface area contributed by atoms with Gasteiger partial charge < -0.3 is 5.32 Å². The van der Waals surface area contributed by atoms with Crippen LogP contribution in [0.3, 0.4) is 0 Å². The molecule has 0 heterocycles. The van der Waals surface area contributed by atoms with Crippen molar-refractivity contribution in [3.63, 3.8) is 0 Å². The molecule has 0 fully saturated rings. The number of halogens is 3. The van der Waals surface area contributed by atoms with Crippen molar-refractivity contribution in [1.82, 2.24) is 0 Å². The number of rotatable bonds is 5. The molecule has 3 nitrogen and oxygen atoms in total. The Morgan fingerprint density at radius 2 is 1.91 bits per heavy atom. The van der Waals surface area contributed by atoms with Crippen molar-refractivity contribution in [1.29, 1.82) is 0 Å². The van der Waals surface area contributed by atoms with Crippen molar-refractivity contribution in [2.45, 2.75) is 11.8 Å². The van der Waals surface area contributed by atoms with Gasteiger partial charge in [-0.25, -0.2) is 4.39 Å². The Balaban J connectivity index is 1.98. The Hall–Kier alpha value is -1.18. The van der Waals surface area contributed by atoms with Gasteiger partial charge in [-0.1, -0.05) is 22.0 Å². The average molecular weight is 461 g/mol. The third kappa shape index (κ3) is 5.16. The molecular weight excluding hydrogens is 449 g/mol. The van der Waals surface area contributed by atoms with Gasteiger partial charge in [-0.2, -0.15) is 0 Å². The fourth-order valence-electron chi connectivity index (χ4n) is 1.76. The van der Waals surface area contributed by atoms with Gasteiger partial charge in [-0.15, -0.1) is 11.8 Å². The summed E-state index contributed by atoms with van der Waals surface area (Å²) in [4.78, 5) is 23.5. The van der Waals surface area contributed by atoms with Crippen molar-refractivity contribution >= 4 is 61.0 Å². The van der Waals surface area contributed by atoms with E-state index in [1.807, 2.05) is 12.1 Å². The molecule has 0 saturated heterocycles. The number of carbonyl (C=O) groups is 2. The summed E-state index contributed by atoms with van der Waals surface area (Å²) in [5, 5.41) is 2.75. The molecule has 0 atom stereocenters. The molecule has 2 aromatic carbocycles. The monoisotopic (exact) mass is 459 g/mol. The number of ketones is 1. The van der Waals surface area contributed by atoms with Crippen LogP contribution in [0.4, 0.5) is 10.1 Å². The van der Waals surface area contributed by atoms with E-state index in [1.165, 1.54) is 19.1 Å². The van der Waals surface area contributed by atoms with Gasteiger partial charge in [0.2, 0.25) is 5.91 Å². The number of anilines is 1. The van der Waals surface area contributed by atoms with E-state index in [4.69, 9.17) is 0 Å². The summed E-state index contributed by atoms with van der Waals surface area (Å²) in [5.74, 6) is -0.870. The first kappa shape index (κ1) is 18.2. The minimum atomic E-state index is -0.500. The molecule has 1 N–H and O–H groups in total. The van der Waals surface area contributed by atoms with Gasteiger partial charge in [0.05, 0.1) is 11.4 Å². The Morgan fingerprint density at radius 1 is 1.17 bits per heavy atom. The molecule has 7 heteroatoms. The summed E-state index contributed by atoms with van der Waals surface area (Å²) >= 11 is 7.78. The van der Waals surface area contributed by atoms with Crippen LogP contribution in [0.25, 0.3) is 0 Å². The van der Waals surface area contributed by atoms with Gasteiger partial charge >= 0.3 is 0 Å². The Morgan fingerprint density at radius 3 is 2.52 bits per heavy atom. The fraction of sp³-hybridized carbons (Fsp3) is 0.125. The maximum atomic E-state index is 13.9. The van der Waals surface area contributed by atoms with Gasteiger partial charge in [-0.05, 0) is 53.2 Å². The molecule has 1 amide bonds. The molecule has 2 rings (SSSR count). The van der Waals surface area contributed by atoms with E-state index in [0.29, 0.717) is 16.1 Å². The number of hydrogen-bond donors (Lipinski definition) is 1. The molecule has 23 heavy (non-hydrogen) atoms. The number of amides is 1. The highest BCUT2D eigenvalue weighted by atomic mass is 79.9. The van der Waals surface area contributed by atoms with Gasteiger partial charge in [-0.3, -0.25) is 9.59 Å². The number of benzene rings is 2. The second-order valence-electron chi connectivity index (χ2n) is 4.66. The second kappa shape index (κ2) is 8.08. The van der Waals surface area contributed by atoms with Crippen LogP contribution in [0.2, 0.25) is 0 Å². The minimum absolute atomic E-state index is 0.0683. The zero-order chi connectivity index (χ0) is 17.0. The van der Waals surface area contributed by atoms with Crippen LogP contribution in [0.5, 0.6) is 0 Å². The van der Waals surface area contributed by atoms with E-state index in [9.17, 15) is 14.0 Å². The second-order valence-corrected chi connectivity index (χ2v) is 7.45. The number of carbonyl (C=O) groups excluding carboxylic acids is 2. The van der Waals surface area contributed by atoms with E-state index in [-0.39, 0.29) is 17.4 Å². The molecule has 0 radical (unpaired) electrons. The van der Waals surface area contributed by atoms with Crippen molar-refractivity contribution < 1.29 is 14.0 Å².